The number of amides is 2. The van der Waals surface area contributed by atoms with Crippen molar-refractivity contribution in [3.63, 3.8) is 0 Å². The number of rotatable bonds is 12. The number of nitrogens with zero attached hydrogens (tertiary/aromatic N) is 1. The molecule has 2 amide bonds. The maximum atomic E-state index is 13.7. The molecule has 0 bridgehead atoms. The highest BCUT2D eigenvalue weighted by Crippen LogP contribution is 2.26. The molecule has 1 unspecified atom stereocenters. The highest BCUT2D eigenvalue weighted by molar-refractivity contribution is 6.32. The molecule has 37 heavy (non-hydrogen) atoms. The number of hydrogen-bond acceptors (Lipinski definition) is 3. The van der Waals surface area contributed by atoms with Gasteiger partial charge in [0, 0.05) is 24.5 Å². The van der Waals surface area contributed by atoms with Crippen molar-refractivity contribution < 1.29 is 14.3 Å². The van der Waals surface area contributed by atoms with Crippen molar-refractivity contribution in [1.29, 1.82) is 0 Å². The number of hydrogen-bond donors (Lipinski definition) is 1. The van der Waals surface area contributed by atoms with Gasteiger partial charge in [0.25, 0.3) is 5.91 Å². The summed E-state index contributed by atoms with van der Waals surface area (Å²) in [5.41, 5.74) is 4.82. The zero-order valence-electron chi connectivity index (χ0n) is 22.2. The first-order valence-corrected chi connectivity index (χ1v) is 13.2. The number of aryl methyl sites for hydroxylation is 3. The van der Waals surface area contributed by atoms with Gasteiger partial charge in [0.2, 0.25) is 5.91 Å². The lowest BCUT2D eigenvalue weighted by Crippen LogP contribution is -2.52. The van der Waals surface area contributed by atoms with Crippen LogP contribution in [0.1, 0.15) is 47.6 Å². The number of ether oxygens (including phenoxy) is 1. The van der Waals surface area contributed by atoms with Crippen LogP contribution in [0.4, 0.5) is 0 Å². The van der Waals surface area contributed by atoms with E-state index >= 15 is 0 Å². The van der Waals surface area contributed by atoms with Crippen molar-refractivity contribution in [3.8, 4) is 5.75 Å². The van der Waals surface area contributed by atoms with Crippen LogP contribution < -0.4 is 10.1 Å². The molecule has 0 heterocycles. The summed E-state index contributed by atoms with van der Waals surface area (Å²) in [5, 5.41) is 3.73. The Hall–Kier alpha value is -3.31. The summed E-state index contributed by atoms with van der Waals surface area (Å²) >= 11 is 6.30. The number of benzene rings is 3. The van der Waals surface area contributed by atoms with E-state index in [0.717, 1.165) is 40.7 Å². The Morgan fingerprint density at radius 3 is 2.24 bits per heavy atom. The molecular formula is C31H37ClN2O3. The molecular weight excluding hydrogens is 484 g/mol. The fourth-order valence-corrected chi connectivity index (χ4v) is 4.36. The quantitative estimate of drug-likeness (QED) is 0.289. The van der Waals surface area contributed by atoms with Crippen molar-refractivity contribution in [1.82, 2.24) is 10.2 Å². The normalized spacial score (nSPS) is 11.6. The molecule has 0 aliphatic rings. The molecule has 0 spiro atoms. The van der Waals surface area contributed by atoms with Crippen LogP contribution in [0.2, 0.25) is 5.02 Å². The van der Waals surface area contributed by atoms with Crippen LogP contribution in [0.3, 0.4) is 0 Å². The number of carbonyl (C=O) groups excluding carboxylic acids is 2. The molecule has 0 aromatic heterocycles. The first kappa shape index (κ1) is 28.3. The molecule has 196 valence electrons. The van der Waals surface area contributed by atoms with Gasteiger partial charge in [-0.05, 0) is 67.1 Å². The second kappa shape index (κ2) is 13.8. The summed E-state index contributed by atoms with van der Waals surface area (Å²) in [7, 11) is 0. The Morgan fingerprint density at radius 2 is 1.59 bits per heavy atom. The van der Waals surface area contributed by atoms with E-state index in [4.69, 9.17) is 16.3 Å². The number of carbonyl (C=O) groups is 2. The monoisotopic (exact) mass is 520 g/mol. The summed E-state index contributed by atoms with van der Waals surface area (Å²) in [6.07, 6.45) is 2.27. The van der Waals surface area contributed by atoms with Gasteiger partial charge in [-0.3, -0.25) is 9.59 Å². The topological polar surface area (TPSA) is 58.6 Å². The SMILES string of the molecule is CCCCNC(=O)C(Cc1ccccc1)N(Cc1ccccc1C)C(=O)COc1cc(C)c(Cl)c(C)c1. The highest BCUT2D eigenvalue weighted by Gasteiger charge is 2.31. The third kappa shape index (κ3) is 8.09. The molecule has 3 aromatic carbocycles. The largest absolute Gasteiger partial charge is 0.484 e. The molecule has 0 saturated carbocycles. The number of halogens is 1. The third-order valence-corrected chi connectivity index (χ3v) is 7.07. The minimum Gasteiger partial charge on any atom is -0.484 e. The second-order valence-corrected chi connectivity index (χ2v) is 9.84. The van der Waals surface area contributed by atoms with Crippen molar-refractivity contribution in [2.75, 3.05) is 13.2 Å². The summed E-state index contributed by atoms with van der Waals surface area (Å²) < 4.78 is 5.93. The van der Waals surface area contributed by atoms with Crippen LogP contribution in [0.15, 0.2) is 66.7 Å². The third-order valence-electron chi connectivity index (χ3n) is 6.47. The van der Waals surface area contributed by atoms with Crippen LogP contribution >= 0.6 is 11.6 Å². The van der Waals surface area contributed by atoms with Gasteiger partial charge >= 0.3 is 0 Å². The van der Waals surface area contributed by atoms with Crippen molar-refractivity contribution in [2.45, 2.75) is 59.5 Å². The molecule has 3 aromatic rings. The van der Waals surface area contributed by atoms with Crippen LogP contribution in [0, 0.1) is 20.8 Å². The molecule has 6 heteroatoms. The summed E-state index contributed by atoms with van der Waals surface area (Å²) in [6, 6.07) is 20.7. The van der Waals surface area contributed by atoms with E-state index in [1.165, 1.54) is 0 Å². The maximum absolute atomic E-state index is 13.7. The minimum absolute atomic E-state index is 0.155. The average Bonchev–Trinajstić information content (AvgIpc) is 2.89. The lowest BCUT2D eigenvalue weighted by Gasteiger charge is -2.32. The smallest absolute Gasteiger partial charge is 0.261 e. The standard InChI is InChI=1S/C31H37ClN2O3/c1-5-6-16-33-31(36)28(19-25-13-8-7-9-14-25)34(20-26-15-11-10-12-22(26)2)29(35)21-37-27-17-23(3)30(32)24(4)18-27/h7-15,17-18,28H,5-6,16,19-21H2,1-4H3,(H,33,36). The van der Waals surface area contributed by atoms with Gasteiger partial charge in [0.15, 0.2) is 6.61 Å². The van der Waals surface area contributed by atoms with Gasteiger partial charge in [-0.25, -0.2) is 0 Å². The Balaban J connectivity index is 1.91. The highest BCUT2D eigenvalue weighted by atomic mass is 35.5. The van der Waals surface area contributed by atoms with E-state index < -0.39 is 6.04 Å². The molecule has 3 rings (SSSR count). The lowest BCUT2D eigenvalue weighted by molar-refractivity contribution is -0.142. The van der Waals surface area contributed by atoms with Crippen LogP contribution in [-0.2, 0) is 22.6 Å². The van der Waals surface area contributed by atoms with E-state index in [1.807, 2.05) is 87.5 Å². The first-order chi connectivity index (χ1) is 17.8. The van der Waals surface area contributed by atoms with E-state index in [2.05, 4.69) is 12.2 Å². The lowest BCUT2D eigenvalue weighted by atomic mass is 10.0. The molecule has 0 fully saturated rings. The van der Waals surface area contributed by atoms with Crippen molar-refractivity contribution in [3.05, 3.63) is 99.6 Å². The van der Waals surface area contributed by atoms with Gasteiger partial charge in [-0.2, -0.15) is 0 Å². The Morgan fingerprint density at radius 1 is 0.946 bits per heavy atom. The van der Waals surface area contributed by atoms with E-state index in [9.17, 15) is 9.59 Å². The van der Waals surface area contributed by atoms with E-state index in [-0.39, 0.29) is 18.4 Å². The molecule has 0 saturated heterocycles. The Labute approximate surface area is 225 Å². The fourth-order valence-electron chi connectivity index (χ4n) is 4.25. The maximum Gasteiger partial charge on any atom is 0.261 e. The zero-order valence-corrected chi connectivity index (χ0v) is 23.0. The molecule has 5 nitrogen and oxygen atoms in total. The predicted octanol–water partition coefficient (Wildman–Crippen LogP) is 6.20. The first-order valence-electron chi connectivity index (χ1n) is 12.8. The van der Waals surface area contributed by atoms with E-state index in [1.54, 1.807) is 4.90 Å². The molecule has 1 N–H and O–H groups in total. The van der Waals surface area contributed by atoms with Crippen molar-refractivity contribution >= 4 is 23.4 Å². The predicted molar refractivity (Wildman–Crippen MR) is 150 cm³/mol. The van der Waals surface area contributed by atoms with Crippen LogP contribution in [0.5, 0.6) is 5.75 Å². The molecule has 0 aliphatic carbocycles. The summed E-state index contributed by atoms with van der Waals surface area (Å²) in [6.45, 7) is 8.62. The van der Waals surface area contributed by atoms with E-state index in [0.29, 0.717) is 30.3 Å². The number of nitrogens with one attached hydrogen (secondary N) is 1. The molecule has 0 radical (unpaired) electrons. The van der Waals surface area contributed by atoms with Crippen LogP contribution in [0.25, 0.3) is 0 Å². The van der Waals surface area contributed by atoms with Crippen molar-refractivity contribution in [2.24, 2.45) is 0 Å². The average molecular weight is 521 g/mol. The summed E-state index contributed by atoms with van der Waals surface area (Å²) in [4.78, 5) is 28.9. The zero-order chi connectivity index (χ0) is 26.8. The summed E-state index contributed by atoms with van der Waals surface area (Å²) in [5.74, 6) is 0.174. The van der Waals surface area contributed by atoms with Gasteiger partial charge in [0.1, 0.15) is 11.8 Å². The van der Waals surface area contributed by atoms with Gasteiger partial charge in [-0.15, -0.1) is 0 Å². The second-order valence-electron chi connectivity index (χ2n) is 9.46. The van der Waals surface area contributed by atoms with Gasteiger partial charge in [0.05, 0.1) is 0 Å². The minimum atomic E-state index is -0.677. The Kier molecular flexibility index (Phi) is 10.6. The van der Waals surface area contributed by atoms with Crippen LogP contribution in [-0.4, -0.2) is 35.9 Å². The molecule has 1 atom stereocenters. The van der Waals surface area contributed by atoms with Gasteiger partial charge in [-0.1, -0.05) is 79.5 Å². The fraction of sp³-hybridized carbons (Fsp3) is 0.355. The Bertz CT molecular complexity index is 1170. The molecule has 0 aliphatic heterocycles. The number of unbranched alkanes of at least 4 members (excludes halogenated alkanes) is 1. The van der Waals surface area contributed by atoms with Gasteiger partial charge < -0.3 is 15.0 Å².